The second-order valence-corrected chi connectivity index (χ2v) is 9.22. The van der Waals surface area contributed by atoms with Crippen molar-refractivity contribution >= 4 is 0 Å². The smallest absolute Gasteiger partial charge is 0.204 e. The van der Waals surface area contributed by atoms with Gasteiger partial charge in [-0.15, -0.1) is 0 Å². The van der Waals surface area contributed by atoms with E-state index in [2.05, 4.69) is 0 Å². The molecule has 7 N–H and O–H groups in total. The zero-order valence-electron chi connectivity index (χ0n) is 22.5. The number of benzene rings is 2. The van der Waals surface area contributed by atoms with Crippen molar-refractivity contribution in [2.24, 2.45) is 0 Å². The molecule has 40 heavy (non-hydrogen) atoms. The molecule has 1 fully saturated rings. The summed E-state index contributed by atoms with van der Waals surface area (Å²) in [5.74, 6) is 0.798. The molecule has 0 spiro atoms. The normalized spacial score (nSPS) is 24.3. The van der Waals surface area contributed by atoms with Crippen LogP contribution in [-0.4, -0.2) is 114 Å². The number of aliphatic hydroxyl groups is 6. The van der Waals surface area contributed by atoms with Crippen molar-refractivity contribution in [3.63, 3.8) is 0 Å². The Kier molecular flexibility index (Phi) is 11.6. The number of rotatable bonds is 14. The van der Waals surface area contributed by atoms with Crippen LogP contribution < -0.4 is 18.9 Å². The van der Waals surface area contributed by atoms with Crippen LogP contribution in [-0.2, 0) is 15.9 Å². The van der Waals surface area contributed by atoms with Crippen molar-refractivity contribution in [1.29, 1.82) is 0 Å². The predicted molar refractivity (Wildman–Crippen MR) is 139 cm³/mol. The Morgan fingerprint density at radius 2 is 1.52 bits per heavy atom. The van der Waals surface area contributed by atoms with E-state index in [1.165, 1.54) is 39.5 Å². The van der Waals surface area contributed by atoms with E-state index in [1.807, 2.05) is 0 Å². The van der Waals surface area contributed by atoms with E-state index in [4.69, 9.17) is 28.4 Å². The SMILES string of the molecule is COc1cc([C@@H](O)[C@H](CO)Oc2c(OC)cc(CCCO[C@@H]3O[C@H](CO)[C@@H](O)[C@H](O)[C@H]3O)cc2OC)ccc1O. The Bertz CT molecular complexity index is 1050. The summed E-state index contributed by atoms with van der Waals surface area (Å²) in [7, 11) is 4.25. The number of hydrogen-bond donors (Lipinski definition) is 7. The number of aryl methyl sites for hydroxylation is 1. The molecule has 13 heteroatoms. The number of methoxy groups -OCH3 is 3. The number of phenols is 1. The molecule has 0 aliphatic carbocycles. The zero-order chi connectivity index (χ0) is 29.4. The van der Waals surface area contributed by atoms with E-state index in [0.717, 1.165) is 5.56 Å². The summed E-state index contributed by atoms with van der Waals surface area (Å²) >= 11 is 0. The largest absolute Gasteiger partial charge is 0.504 e. The standard InChI is InChI=1S/C27H38O13/c1-35-17-11-15(6-7-16(17)30)22(31)20(12-28)39-26-18(36-2)9-14(10-19(26)37-3)5-4-8-38-27-25(34)24(33)23(32)21(13-29)40-27/h6-7,9-11,20-25,27-34H,4-5,8,12-13H2,1-3H3/t20-,21+,22+,23+,24-,25+,27+/m0/s1. The van der Waals surface area contributed by atoms with Crippen molar-refractivity contribution in [3.8, 4) is 28.7 Å². The average molecular weight is 571 g/mol. The summed E-state index contributed by atoms with van der Waals surface area (Å²) in [6.45, 7) is -0.968. The van der Waals surface area contributed by atoms with Crippen molar-refractivity contribution in [3.05, 3.63) is 41.5 Å². The predicted octanol–water partition coefficient (Wildman–Crippen LogP) is -0.360. The topological polar surface area (TPSA) is 197 Å². The van der Waals surface area contributed by atoms with Gasteiger partial charge < -0.3 is 64.2 Å². The van der Waals surface area contributed by atoms with Gasteiger partial charge >= 0.3 is 0 Å². The molecule has 1 aliphatic rings. The molecule has 1 saturated heterocycles. The summed E-state index contributed by atoms with van der Waals surface area (Å²) in [4.78, 5) is 0. The van der Waals surface area contributed by atoms with Crippen LogP contribution in [0.3, 0.4) is 0 Å². The van der Waals surface area contributed by atoms with Crippen LogP contribution >= 0.6 is 0 Å². The van der Waals surface area contributed by atoms with Gasteiger partial charge in [-0.1, -0.05) is 6.07 Å². The van der Waals surface area contributed by atoms with Gasteiger partial charge in [0.1, 0.15) is 30.5 Å². The lowest BCUT2D eigenvalue weighted by molar-refractivity contribution is -0.301. The maximum atomic E-state index is 10.9. The molecule has 0 saturated carbocycles. The molecule has 1 heterocycles. The van der Waals surface area contributed by atoms with Gasteiger partial charge in [-0.25, -0.2) is 0 Å². The van der Waals surface area contributed by atoms with E-state index >= 15 is 0 Å². The van der Waals surface area contributed by atoms with Crippen LogP contribution in [0.1, 0.15) is 23.7 Å². The van der Waals surface area contributed by atoms with E-state index < -0.39 is 56.1 Å². The third-order valence-electron chi connectivity index (χ3n) is 6.61. The molecule has 0 unspecified atom stereocenters. The molecular weight excluding hydrogens is 532 g/mol. The van der Waals surface area contributed by atoms with Gasteiger partial charge in [0.15, 0.2) is 35.4 Å². The van der Waals surface area contributed by atoms with E-state index in [0.29, 0.717) is 18.4 Å². The van der Waals surface area contributed by atoms with Gasteiger partial charge in [-0.05, 0) is 48.2 Å². The summed E-state index contributed by atoms with van der Waals surface area (Å²) < 4.78 is 32.9. The van der Waals surface area contributed by atoms with E-state index in [9.17, 15) is 35.7 Å². The van der Waals surface area contributed by atoms with Crippen LogP contribution in [0, 0.1) is 0 Å². The van der Waals surface area contributed by atoms with Gasteiger partial charge in [-0.3, -0.25) is 0 Å². The number of aromatic hydroxyl groups is 1. The van der Waals surface area contributed by atoms with Gasteiger partial charge in [0.25, 0.3) is 0 Å². The van der Waals surface area contributed by atoms with Crippen LogP contribution in [0.15, 0.2) is 30.3 Å². The Morgan fingerprint density at radius 1 is 0.875 bits per heavy atom. The maximum Gasteiger partial charge on any atom is 0.204 e. The monoisotopic (exact) mass is 570 g/mol. The lowest BCUT2D eigenvalue weighted by Gasteiger charge is -2.39. The highest BCUT2D eigenvalue weighted by Crippen LogP contribution is 2.41. The molecule has 7 atom stereocenters. The van der Waals surface area contributed by atoms with Gasteiger partial charge in [0.2, 0.25) is 5.75 Å². The van der Waals surface area contributed by atoms with Gasteiger partial charge in [0, 0.05) is 0 Å². The van der Waals surface area contributed by atoms with Crippen molar-refractivity contribution in [2.75, 3.05) is 41.2 Å². The van der Waals surface area contributed by atoms with Gasteiger partial charge in [-0.2, -0.15) is 0 Å². The summed E-state index contributed by atoms with van der Waals surface area (Å²) in [6, 6.07) is 7.70. The van der Waals surface area contributed by atoms with E-state index in [1.54, 1.807) is 12.1 Å². The molecule has 2 aromatic rings. The fourth-order valence-electron chi connectivity index (χ4n) is 4.32. The first-order chi connectivity index (χ1) is 19.2. The Labute approximate surface area is 231 Å². The highest BCUT2D eigenvalue weighted by atomic mass is 16.7. The lowest BCUT2D eigenvalue weighted by atomic mass is 9.99. The molecule has 2 aromatic carbocycles. The third kappa shape index (κ3) is 7.25. The highest BCUT2D eigenvalue weighted by molar-refractivity contribution is 5.54. The summed E-state index contributed by atoms with van der Waals surface area (Å²) in [5, 5.41) is 69.9. The molecule has 1 aliphatic heterocycles. The van der Waals surface area contributed by atoms with Crippen molar-refractivity contribution < 1.29 is 64.2 Å². The van der Waals surface area contributed by atoms with Gasteiger partial charge in [0.05, 0.1) is 41.2 Å². The van der Waals surface area contributed by atoms with Crippen LogP contribution in [0.2, 0.25) is 0 Å². The second kappa shape index (κ2) is 14.7. The maximum absolute atomic E-state index is 10.9. The van der Waals surface area contributed by atoms with Crippen molar-refractivity contribution in [1.82, 2.24) is 0 Å². The van der Waals surface area contributed by atoms with Crippen molar-refractivity contribution in [2.45, 2.75) is 55.8 Å². The quantitative estimate of drug-likeness (QED) is 0.146. The third-order valence-corrected chi connectivity index (χ3v) is 6.61. The summed E-state index contributed by atoms with van der Waals surface area (Å²) in [6.07, 6.45) is -8.20. The number of phenolic OH excluding ortho intramolecular Hbond substituents is 1. The van der Waals surface area contributed by atoms with Crippen LogP contribution in [0.5, 0.6) is 28.7 Å². The molecule has 0 radical (unpaired) electrons. The number of aliphatic hydroxyl groups excluding tert-OH is 6. The first-order valence-electron chi connectivity index (χ1n) is 12.7. The number of hydrogen-bond acceptors (Lipinski definition) is 13. The molecule has 3 rings (SSSR count). The first kappa shape index (κ1) is 31.6. The van der Waals surface area contributed by atoms with Crippen LogP contribution in [0.4, 0.5) is 0 Å². The minimum absolute atomic E-state index is 0.0996. The molecule has 0 aromatic heterocycles. The molecular formula is C27H38O13. The average Bonchev–Trinajstić information content (AvgIpc) is 2.97. The second-order valence-electron chi connectivity index (χ2n) is 9.22. The Balaban J connectivity index is 1.68. The molecule has 224 valence electrons. The lowest BCUT2D eigenvalue weighted by Crippen LogP contribution is -2.59. The molecule has 13 nitrogen and oxygen atoms in total. The molecule has 0 bridgehead atoms. The van der Waals surface area contributed by atoms with E-state index in [-0.39, 0.29) is 35.4 Å². The van der Waals surface area contributed by atoms with Crippen LogP contribution in [0.25, 0.3) is 0 Å². The minimum atomic E-state index is -1.52. The minimum Gasteiger partial charge on any atom is -0.504 e. The molecule has 0 amide bonds. The number of ether oxygens (including phenoxy) is 6. The first-order valence-corrected chi connectivity index (χ1v) is 12.7. The Hall–Kier alpha value is -2.88. The Morgan fingerprint density at radius 3 is 2.10 bits per heavy atom. The fourth-order valence-corrected chi connectivity index (χ4v) is 4.32. The zero-order valence-corrected chi connectivity index (χ0v) is 22.5. The summed E-state index contributed by atoms with van der Waals surface area (Å²) in [5.41, 5.74) is 1.13. The highest BCUT2D eigenvalue weighted by Gasteiger charge is 2.43. The fraction of sp³-hybridized carbons (Fsp3) is 0.556.